The van der Waals surface area contributed by atoms with E-state index < -0.39 is 0 Å². The molecule has 5 nitrogen and oxygen atoms in total. The minimum Gasteiger partial charge on any atom is -0.322 e. The summed E-state index contributed by atoms with van der Waals surface area (Å²) in [6.07, 6.45) is 2.01. The first kappa shape index (κ1) is 15.8. The van der Waals surface area contributed by atoms with Gasteiger partial charge in [-0.3, -0.25) is 19.3 Å². The van der Waals surface area contributed by atoms with Crippen LogP contribution in [0.4, 0.5) is 5.69 Å². The molecule has 5 heteroatoms. The van der Waals surface area contributed by atoms with Gasteiger partial charge in [-0.1, -0.05) is 24.3 Å². The fourth-order valence-corrected chi connectivity index (χ4v) is 4.08. The number of amides is 3. The lowest BCUT2D eigenvalue weighted by Crippen LogP contribution is -2.24. The third kappa shape index (κ3) is 2.21. The number of aryl methyl sites for hydroxylation is 2. The van der Waals surface area contributed by atoms with Gasteiger partial charge in [-0.05, 0) is 59.0 Å². The Hall–Kier alpha value is -3.47. The summed E-state index contributed by atoms with van der Waals surface area (Å²) in [6, 6.07) is 14.8. The standard InChI is InChI=1S/C22H16N2O3/c1-24-21(26)17-10-8-14(11-18(17)22(24)27)23-20(25)16-9-7-13-6-5-12-3-2-4-15(16)19(12)13/h2-4,7-11H,5-6H2,1H3,(H,23,25). The highest BCUT2D eigenvalue weighted by molar-refractivity contribution is 6.22. The summed E-state index contributed by atoms with van der Waals surface area (Å²) < 4.78 is 0. The Kier molecular flexibility index (Phi) is 3.22. The van der Waals surface area contributed by atoms with Crippen LogP contribution in [0.25, 0.3) is 10.8 Å². The maximum Gasteiger partial charge on any atom is 0.261 e. The maximum absolute atomic E-state index is 12.9. The molecule has 1 aliphatic carbocycles. The number of fused-ring (bicyclic) bond motifs is 1. The van der Waals surface area contributed by atoms with E-state index >= 15 is 0 Å². The van der Waals surface area contributed by atoms with Gasteiger partial charge in [0.2, 0.25) is 0 Å². The largest absolute Gasteiger partial charge is 0.322 e. The summed E-state index contributed by atoms with van der Waals surface area (Å²) >= 11 is 0. The number of nitrogens with zero attached hydrogens (tertiary/aromatic N) is 1. The molecule has 1 aliphatic heterocycles. The molecule has 0 spiro atoms. The van der Waals surface area contributed by atoms with E-state index in [1.165, 1.54) is 23.6 Å². The SMILES string of the molecule is CN1C(=O)c2ccc(NC(=O)c3ccc4c5c(cccc35)CC4)cc2C1=O. The summed E-state index contributed by atoms with van der Waals surface area (Å²) in [7, 11) is 1.45. The molecule has 0 radical (unpaired) electrons. The van der Waals surface area contributed by atoms with Crippen LogP contribution in [-0.2, 0) is 12.8 Å². The molecule has 0 aromatic heterocycles. The predicted molar refractivity (Wildman–Crippen MR) is 102 cm³/mol. The zero-order valence-corrected chi connectivity index (χ0v) is 14.7. The van der Waals surface area contributed by atoms with Crippen LogP contribution in [0.2, 0.25) is 0 Å². The van der Waals surface area contributed by atoms with Crippen molar-refractivity contribution in [3.05, 3.63) is 76.3 Å². The highest BCUT2D eigenvalue weighted by Crippen LogP contribution is 2.33. The van der Waals surface area contributed by atoms with Crippen LogP contribution >= 0.6 is 0 Å². The fraction of sp³-hybridized carbons (Fsp3) is 0.136. The number of hydrogen-bond donors (Lipinski definition) is 1. The second kappa shape index (κ2) is 5.51. The predicted octanol–water partition coefficient (Wildman–Crippen LogP) is 3.42. The summed E-state index contributed by atoms with van der Waals surface area (Å²) in [6.45, 7) is 0. The third-order valence-corrected chi connectivity index (χ3v) is 5.47. The van der Waals surface area contributed by atoms with Crippen molar-refractivity contribution in [1.29, 1.82) is 0 Å². The third-order valence-electron chi connectivity index (χ3n) is 5.47. The van der Waals surface area contributed by atoms with Crippen LogP contribution in [0.1, 0.15) is 42.2 Å². The lowest BCUT2D eigenvalue weighted by molar-refractivity contribution is 0.0692. The smallest absolute Gasteiger partial charge is 0.261 e. The number of rotatable bonds is 2. The van der Waals surface area contributed by atoms with Crippen LogP contribution < -0.4 is 5.32 Å². The molecule has 5 rings (SSSR count). The van der Waals surface area contributed by atoms with Gasteiger partial charge in [-0.25, -0.2) is 0 Å². The second-order valence-corrected chi connectivity index (χ2v) is 7.00. The minimum atomic E-state index is -0.351. The molecule has 27 heavy (non-hydrogen) atoms. The molecule has 3 aromatic rings. The van der Waals surface area contributed by atoms with Gasteiger partial charge in [-0.2, -0.15) is 0 Å². The number of imide groups is 1. The van der Waals surface area contributed by atoms with Crippen LogP contribution in [0, 0.1) is 0 Å². The van der Waals surface area contributed by atoms with Gasteiger partial charge in [0.05, 0.1) is 11.1 Å². The molecule has 3 amide bonds. The average molecular weight is 356 g/mol. The highest BCUT2D eigenvalue weighted by atomic mass is 16.2. The Morgan fingerprint density at radius 2 is 1.67 bits per heavy atom. The molecule has 0 saturated heterocycles. The number of anilines is 1. The molecular formula is C22H16N2O3. The molecular weight excluding hydrogens is 340 g/mol. The molecule has 0 unspecified atom stereocenters. The zero-order valence-electron chi connectivity index (χ0n) is 14.7. The number of hydrogen-bond acceptors (Lipinski definition) is 3. The van der Waals surface area contributed by atoms with Gasteiger partial charge >= 0.3 is 0 Å². The van der Waals surface area contributed by atoms with Crippen LogP contribution in [-0.4, -0.2) is 29.7 Å². The summed E-state index contributed by atoms with van der Waals surface area (Å²) in [5, 5.41) is 5.00. The number of carbonyl (C=O) groups excluding carboxylic acids is 3. The van der Waals surface area contributed by atoms with E-state index in [1.54, 1.807) is 18.2 Å². The number of nitrogens with one attached hydrogen (secondary N) is 1. The Labute approximate surface area is 155 Å². The molecule has 0 saturated carbocycles. The second-order valence-electron chi connectivity index (χ2n) is 7.00. The summed E-state index contributed by atoms with van der Waals surface area (Å²) in [4.78, 5) is 38.2. The van der Waals surface area contributed by atoms with Gasteiger partial charge < -0.3 is 5.32 Å². The van der Waals surface area contributed by atoms with Crippen LogP contribution in [0.5, 0.6) is 0 Å². The molecule has 2 aliphatic rings. The van der Waals surface area contributed by atoms with Crippen LogP contribution in [0.3, 0.4) is 0 Å². The number of benzene rings is 3. The van der Waals surface area contributed by atoms with Crippen molar-refractivity contribution >= 4 is 34.2 Å². The van der Waals surface area contributed by atoms with Gasteiger partial charge in [0.25, 0.3) is 17.7 Å². The lowest BCUT2D eigenvalue weighted by atomic mass is 9.99. The fourth-order valence-electron chi connectivity index (χ4n) is 4.08. The first-order chi connectivity index (χ1) is 13.0. The Bertz CT molecular complexity index is 1170. The van der Waals surface area contributed by atoms with Crippen molar-refractivity contribution in [2.45, 2.75) is 12.8 Å². The first-order valence-corrected chi connectivity index (χ1v) is 8.86. The van der Waals surface area contributed by atoms with Crippen molar-refractivity contribution in [1.82, 2.24) is 4.90 Å². The molecule has 1 heterocycles. The van der Waals surface area contributed by atoms with Crippen molar-refractivity contribution < 1.29 is 14.4 Å². The molecule has 0 bridgehead atoms. The molecule has 1 N–H and O–H groups in total. The van der Waals surface area contributed by atoms with Crippen molar-refractivity contribution in [3.63, 3.8) is 0 Å². The molecule has 132 valence electrons. The van der Waals surface area contributed by atoms with Gasteiger partial charge in [-0.15, -0.1) is 0 Å². The maximum atomic E-state index is 12.9. The van der Waals surface area contributed by atoms with E-state index in [1.807, 2.05) is 24.3 Å². The van der Waals surface area contributed by atoms with Gasteiger partial charge in [0, 0.05) is 18.3 Å². The monoisotopic (exact) mass is 356 g/mol. The number of carbonyl (C=O) groups is 3. The average Bonchev–Trinajstić information content (AvgIpc) is 3.19. The highest BCUT2D eigenvalue weighted by Gasteiger charge is 2.32. The van der Waals surface area contributed by atoms with Crippen molar-refractivity contribution in [2.75, 3.05) is 12.4 Å². The molecule has 3 aromatic carbocycles. The van der Waals surface area contributed by atoms with E-state index in [-0.39, 0.29) is 17.7 Å². The normalized spacial score (nSPS) is 14.8. The quantitative estimate of drug-likeness (QED) is 0.716. The summed E-state index contributed by atoms with van der Waals surface area (Å²) in [5.74, 6) is -0.896. The Balaban J connectivity index is 1.52. The zero-order chi connectivity index (χ0) is 18.7. The van der Waals surface area contributed by atoms with Gasteiger partial charge in [0.15, 0.2) is 0 Å². The van der Waals surface area contributed by atoms with E-state index in [9.17, 15) is 14.4 Å². The van der Waals surface area contributed by atoms with E-state index in [4.69, 9.17) is 0 Å². The van der Waals surface area contributed by atoms with Crippen LogP contribution in [0.15, 0.2) is 48.5 Å². The van der Waals surface area contributed by atoms with Gasteiger partial charge in [0.1, 0.15) is 0 Å². The van der Waals surface area contributed by atoms with Crippen molar-refractivity contribution in [3.8, 4) is 0 Å². The molecule has 0 atom stereocenters. The topological polar surface area (TPSA) is 66.5 Å². The Morgan fingerprint density at radius 1 is 0.926 bits per heavy atom. The van der Waals surface area contributed by atoms with E-state index in [0.717, 1.165) is 23.1 Å². The van der Waals surface area contributed by atoms with E-state index in [0.29, 0.717) is 22.4 Å². The van der Waals surface area contributed by atoms with E-state index in [2.05, 4.69) is 11.4 Å². The first-order valence-electron chi connectivity index (χ1n) is 8.86. The Morgan fingerprint density at radius 3 is 2.48 bits per heavy atom. The molecule has 0 fully saturated rings. The van der Waals surface area contributed by atoms with Crippen molar-refractivity contribution in [2.24, 2.45) is 0 Å². The lowest BCUT2D eigenvalue weighted by Gasteiger charge is -2.10. The summed E-state index contributed by atoms with van der Waals surface area (Å²) in [5.41, 5.74) is 4.35. The minimum absolute atomic E-state index is 0.226.